The summed E-state index contributed by atoms with van der Waals surface area (Å²) in [4.78, 5) is 17.4. The molecule has 3 fully saturated rings. The summed E-state index contributed by atoms with van der Waals surface area (Å²) in [7, 11) is -2.23. The van der Waals surface area contributed by atoms with Gasteiger partial charge in [-0.2, -0.15) is 4.31 Å². The van der Waals surface area contributed by atoms with Gasteiger partial charge < -0.3 is 19.3 Å². The van der Waals surface area contributed by atoms with Crippen molar-refractivity contribution in [2.24, 2.45) is 0 Å². The number of hydrogen-bond acceptors (Lipinski definition) is 6. The quantitative estimate of drug-likeness (QED) is 0.499. The Morgan fingerprint density at radius 1 is 0.917 bits per heavy atom. The fourth-order valence-electron chi connectivity index (χ4n) is 5.72. The minimum Gasteiger partial charge on any atom is -0.448 e. The number of rotatable bonds is 7. The van der Waals surface area contributed by atoms with Crippen LogP contribution in [-0.2, 0) is 19.5 Å². The largest absolute Gasteiger partial charge is 0.448 e. The Kier molecular flexibility index (Phi) is 10.9. The molecule has 0 unspecified atom stereocenters. The van der Waals surface area contributed by atoms with Crippen molar-refractivity contribution in [3.8, 4) is 0 Å². The van der Waals surface area contributed by atoms with Gasteiger partial charge >= 0.3 is 6.09 Å². The van der Waals surface area contributed by atoms with E-state index in [9.17, 15) is 13.2 Å². The number of halogens is 1. The summed E-state index contributed by atoms with van der Waals surface area (Å²) in [6.45, 7) is 4.03. The molecule has 0 bridgehead atoms. The Morgan fingerprint density at radius 2 is 1.53 bits per heavy atom. The van der Waals surface area contributed by atoms with Crippen LogP contribution in [0.2, 0.25) is 5.02 Å². The monoisotopic (exact) mass is 543 g/mol. The first-order valence-electron chi connectivity index (χ1n) is 12.8. The third-order valence-corrected chi connectivity index (χ3v) is 9.84. The Labute approximate surface area is 221 Å². The average Bonchev–Trinajstić information content (AvgIpc) is 2.88. The zero-order valence-corrected chi connectivity index (χ0v) is 22.2. The molecular formula is C26H42ClN3O5S. The molecule has 2 atom stereocenters. The van der Waals surface area contributed by atoms with Gasteiger partial charge in [-0.15, -0.1) is 0 Å². The van der Waals surface area contributed by atoms with Crippen molar-refractivity contribution in [3.05, 3.63) is 29.3 Å². The molecule has 204 valence electrons. The number of methoxy groups -OCH3 is 1. The molecular weight excluding hydrogens is 502 g/mol. The topological polar surface area (TPSA) is 79.4 Å². The second-order valence-corrected chi connectivity index (χ2v) is 12.2. The zero-order valence-electron chi connectivity index (χ0n) is 20.6. The van der Waals surface area contributed by atoms with Crippen LogP contribution in [0.5, 0.6) is 0 Å². The predicted molar refractivity (Wildman–Crippen MR) is 142 cm³/mol. The molecule has 0 aromatic heterocycles. The number of piperidine rings is 3. The summed E-state index contributed by atoms with van der Waals surface area (Å²) in [5.41, 5.74) is 0. The Balaban J connectivity index is 0.00000361. The molecule has 1 amide bonds. The molecule has 1 aromatic rings. The van der Waals surface area contributed by atoms with Crippen molar-refractivity contribution in [2.45, 2.75) is 81.8 Å². The van der Waals surface area contributed by atoms with Crippen LogP contribution >= 0.6 is 11.6 Å². The van der Waals surface area contributed by atoms with Crippen molar-refractivity contribution in [3.63, 3.8) is 0 Å². The summed E-state index contributed by atoms with van der Waals surface area (Å²) in [5, 5.41) is 0.477. The molecule has 8 nitrogen and oxygen atoms in total. The first-order chi connectivity index (χ1) is 16.9. The third-order valence-electron chi connectivity index (χ3n) is 7.57. The summed E-state index contributed by atoms with van der Waals surface area (Å²) in [6, 6.07) is 6.00. The standard InChI is InChI=1S/C25H38ClN3O5S.CH4/c1-33-18-22-6-5-7-23(29(22)35(31,32)24-10-8-20(26)9-11-24)19-34-25(30)28-16-12-21(13-17-28)27-14-3-2-4-15-27;/h8-11,21-23H,2-7,12-19H2,1H3;1H4/t22-,23+;/m0./s1. The highest BCUT2D eigenvalue weighted by atomic mass is 35.5. The van der Waals surface area contributed by atoms with Gasteiger partial charge in [0.05, 0.1) is 17.5 Å². The molecule has 3 heterocycles. The molecule has 4 rings (SSSR count). The molecule has 0 radical (unpaired) electrons. The highest BCUT2D eigenvalue weighted by Crippen LogP contribution is 2.31. The van der Waals surface area contributed by atoms with Crippen LogP contribution in [0, 0.1) is 0 Å². The number of hydrogen-bond donors (Lipinski definition) is 0. The van der Waals surface area contributed by atoms with Crippen molar-refractivity contribution < 1.29 is 22.7 Å². The molecule has 0 saturated carbocycles. The van der Waals surface area contributed by atoms with E-state index >= 15 is 0 Å². The number of carbonyl (C=O) groups is 1. The second-order valence-electron chi connectivity index (χ2n) is 9.87. The van der Waals surface area contributed by atoms with Gasteiger partial charge in [-0.3, -0.25) is 0 Å². The molecule has 36 heavy (non-hydrogen) atoms. The van der Waals surface area contributed by atoms with E-state index in [1.54, 1.807) is 24.1 Å². The van der Waals surface area contributed by atoms with Crippen LogP contribution in [0.4, 0.5) is 4.79 Å². The van der Waals surface area contributed by atoms with Gasteiger partial charge in [-0.1, -0.05) is 31.9 Å². The maximum absolute atomic E-state index is 13.6. The van der Waals surface area contributed by atoms with E-state index in [-0.39, 0.29) is 31.1 Å². The summed E-state index contributed by atoms with van der Waals surface area (Å²) < 4.78 is 39.8. The maximum Gasteiger partial charge on any atom is 0.409 e. The van der Waals surface area contributed by atoms with Gasteiger partial charge in [0.1, 0.15) is 6.61 Å². The fourth-order valence-corrected chi connectivity index (χ4v) is 7.69. The number of benzene rings is 1. The summed E-state index contributed by atoms with van der Waals surface area (Å²) in [5.74, 6) is 0. The number of likely N-dealkylation sites (tertiary alicyclic amines) is 2. The number of ether oxygens (including phenoxy) is 2. The van der Waals surface area contributed by atoms with Crippen LogP contribution in [0.3, 0.4) is 0 Å². The smallest absolute Gasteiger partial charge is 0.409 e. The van der Waals surface area contributed by atoms with Crippen molar-refractivity contribution in [1.29, 1.82) is 0 Å². The van der Waals surface area contributed by atoms with Gasteiger partial charge in [-0.25, -0.2) is 13.2 Å². The van der Waals surface area contributed by atoms with Crippen molar-refractivity contribution >= 4 is 27.7 Å². The second kappa shape index (κ2) is 13.4. The van der Waals surface area contributed by atoms with E-state index in [1.165, 1.54) is 35.7 Å². The Hall–Kier alpha value is -1.39. The van der Waals surface area contributed by atoms with Crippen LogP contribution in [0.15, 0.2) is 29.2 Å². The Morgan fingerprint density at radius 3 is 2.14 bits per heavy atom. The maximum atomic E-state index is 13.6. The first kappa shape index (κ1) is 29.2. The molecule has 0 aliphatic carbocycles. The minimum absolute atomic E-state index is 0. The van der Waals surface area contributed by atoms with Gasteiger partial charge in [0.15, 0.2) is 0 Å². The van der Waals surface area contributed by atoms with Gasteiger partial charge in [-0.05, 0) is 75.9 Å². The van der Waals surface area contributed by atoms with Crippen LogP contribution in [-0.4, -0.2) is 93.2 Å². The predicted octanol–water partition coefficient (Wildman–Crippen LogP) is 4.62. The zero-order chi connectivity index (χ0) is 24.8. The molecule has 3 aliphatic rings. The van der Waals surface area contributed by atoms with E-state index in [0.717, 1.165) is 32.4 Å². The lowest BCUT2D eigenvalue weighted by Gasteiger charge is -2.41. The number of sulfonamides is 1. The molecule has 0 spiro atoms. The average molecular weight is 544 g/mol. The first-order valence-corrected chi connectivity index (χ1v) is 14.7. The highest BCUT2D eigenvalue weighted by molar-refractivity contribution is 7.89. The van der Waals surface area contributed by atoms with E-state index < -0.39 is 16.1 Å². The lowest BCUT2D eigenvalue weighted by molar-refractivity contribution is 0.0325. The van der Waals surface area contributed by atoms with Gasteiger partial charge in [0.2, 0.25) is 10.0 Å². The van der Waals surface area contributed by atoms with Crippen molar-refractivity contribution in [2.75, 3.05) is 46.5 Å². The van der Waals surface area contributed by atoms with E-state index in [1.807, 2.05) is 0 Å². The van der Waals surface area contributed by atoms with E-state index in [4.69, 9.17) is 21.1 Å². The molecule has 10 heteroatoms. The molecule has 1 aromatic carbocycles. The molecule has 0 N–H and O–H groups in total. The molecule has 3 aliphatic heterocycles. The van der Waals surface area contributed by atoms with Crippen LogP contribution < -0.4 is 0 Å². The molecule has 3 saturated heterocycles. The van der Waals surface area contributed by atoms with Crippen LogP contribution in [0.1, 0.15) is 58.8 Å². The Bertz CT molecular complexity index is 929. The summed E-state index contributed by atoms with van der Waals surface area (Å²) >= 11 is 5.97. The SMILES string of the molecule is C.COC[C@@H]1CCC[C@H](COC(=O)N2CCC(N3CCCCC3)CC2)N1S(=O)(=O)c1ccc(Cl)cc1. The van der Waals surface area contributed by atoms with E-state index in [0.29, 0.717) is 43.6 Å². The normalized spacial score (nSPS) is 24.8. The number of amides is 1. The lowest BCUT2D eigenvalue weighted by Crippen LogP contribution is -2.54. The minimum atomic E-state index is -3.81. The highest BCUT2D eigenvalue weighted by Gasteiger charge is 2.41. The van der Waals surface area contributed by atoms with Gasteiger partial charge in [0, 0.05) is 37.3 Å². The van der Waals surface area contributed by atoms with E-state index in [2.05, 4.69) is 4.90 Å². The third kappa shape index (κ3) is 6.92. The number of carbonyl (C=O) groups excluding carboxylic acids is 1. The van der Waals surface area contributed by atoms with Crippen LogP contribution in [0.25, 0.3) is 0 Å². The lowest BCUT2D eigenvalue weighted by atomic mass is 9.99. The fraction of sp³-hybridized carbons (Fsp3) is 0.731. The van der Waals surface area contributed by atoms with Gasteiger partial charge in [0.25, 0.3) is 0 Å². The van der Waals surface area contributed by atoms with Crippen molar-refractivity contribution in [1.82, 2.24) is 14.1 Å². The number of nitrogens with zero attached hydrogens (tertiary/aromatic N) is 3. The summed E-state index contributed by atoms with van der Waals surface area (Å²) in [6.07, 6.45) is 7.62.